The number of aliphatic hydroxyl groups is 1. The van der Waals surface area contributed by atoms with Crippen molar-refractivity contribution < 1.29 is 14.2 Å². The molecule has 90 valence electrons. The molecule has 16 heavy (non-hydrogen) atoms. The molecule has 3 heteroatoms. The number of benzene rings is 1. The number of hydrogen-bond acceptors (Lipinski definition) is 2. The molecule has 1 aromatic rings. The molecule has 2 atom stereocenters. The van der Waals surface area contributed by atoms with Gasteiger partial charge in [0.1, 0.15) is 5.82 Å². The normalized spacial score (nSPS) is 14.8. The van der Waals surface area contributed by atoms with Crippen molar-refractivity contribution in [1.29, 1.82) is 0 Å². The van der Waals surface area contributed by atoms with Crippen molar-refractivity contribution in [2.24, 2.45) is 0 Å². The molecule has 0 saturated heterocycles. The first-order chi connectivity index (χ1) is 7.61. The summed E-state index contributed by atoms with van der Waals surface area (Å²) in [6.45, 7) is 1.98. The Kier molecular flexibility index (Phi) is 5.43. The second-order valence-electron chi connectivity index (χ2n) is 4.11. The lowest BCUT2D eigenvalue weighted by molar-refractivity contribution is 0.0851. The standard InChI is InChI=1S/C13H19FO2/c1-10(16-2)3-8-13(15)9-11-4-6-12(14)7-5-11/h4-7,10,13,15H,3,8-9H2,1-2H3. The molecular weight excluding hydrogens is 207 g/mol. The van der Waals surface area contributed by atoms with Gasteiger partial charge in [-0.05, 0) is 43.9 Å². The van der Waals surface area contributed by atoms with Crippen LogP contribution in [0.1, 0.15) is 25.3 Å². The molecule has 0 radical (unpaired) electrons. The Hall–Kier alpha value is -0.930. The second kappa shape index (κ2) is 6.61. The summed E-state index contributed by atoms with van der Waals surface area (Å²) in [5, 5.41) is 9.77. The molecule has 0 aromatic heterocycles. The fourth-order valence-corrected chi connectivity index (χ4v) is 1.54. The van der Waals surface area contributed by atoms with E-state index in [2.05, 4.69) is 0 Å². The summed E-state index contributed by atoms with van der Waals surface area (Å²) in [7, 11) is 1.66. The van der Waals surface area contributed by atoms with Gasteiger partial charge in [-0.2, -0.15) is 0 Å². The Morgan fingerprint density at radius 2 is 1.88 bits per heavy atom. The highest BCUT2D eigenvalue weighted by atomic mass is 19.1. The molecule has 1 N–H and O–H groups in total. The van der Waals surface area contributed by atoms with Crippen LogP contribution >= 0.6 is 0 Å². The van der Waals surface area contributed by atoms with E-state index >= 15 is 0 Å². The van der Waals surface area contributed by atoms with Crippen LogP contribution in [0.3, 0.4) is 0 Å². The number of hydrogen-bond donors (Lipinski definition) is 1. The Bertz CT molecular complexity index is 297. The van der Waals surface area contributed by atoms with Gasteiger partial charge in [-0.3, -0.25) is 0 Å². The first kappa shape index (κ1) is 13.1. The van der Waals surface area contributed by atoms with Crippen LogP contribution < -0.4 is 0 Å². The maximum absolute atomic E-state index is 12.6. The highest BCUT2D eigenvalue weighted by Gasteiger charge is 2.08. The quantitative estimate of drug-likeness (QED) is 0.807. The minimum Gasteiger partial charge on any atom is -0.393 e. The molecule has 0 heterocycles. The van der Waals surface area contributed by atoms with Crippen LogP contribution in [0.5, 0.6) is 0 Å². The molecule has 0 aliphatic carbocycles. The third kappa shape index (κ3) is 4.73. The zero-order valence-electron chi connectivity index (χ0n) is 9.82. The van der Waals surface area contributed by atoms with Crippen molar-refractivity contribution in [2.75, 3.05) is 7.11 Å². The summed E-state index contributed by atoms with van der Waals surface area (Å²) in [6, 6.07) is 6.25. The summed E-state index contributed by atoms with van der Waals surface area (Å²) in [5.41, 5.74) is 0.957. The van der Waals surface area contributed by atoms with Gasteiger partial charge in [0.15, 0.2) is 0 Å². The van der Waals surface area contributed by atoms with Gasteiger partial charge in [0.25, 0.3) is 0 Å². The number of rotatable bonds is 6. The van der Waals surface area contributed by atoms with Crippen LogP contribution in [0.2, 0.25) is 0 Å². The molecule has 1 aromatic carbocycles. The van der Waals surface area contributed by atoms with Gasteiger partial charge in [0, 0.05) is 7.11 Å². The molecule has 0 spiro atoms. The molecule has 2 nitrogen and oxygen atoms in total. The number of ether oxygens (including phenoxy) is 1. The van der Waals surface area contributed by atoms with Gasteiger partial charge in [-0.1, -0.05) is 12.1 Å². The first-order valence-electron chi connectivity index (χ1n) is 5.57. The molecule has 0 bridgehead atoms. The predicted molar refractivity (Wildman–Crippen MR) is 61.8 cm³/mol. The Balaban J connectivity index is 2.33. The first-order valence-corrected chi connectivity index (χ1v) is 5.57. The SMILES string of the molecule is COC(C)CCC(O)Cc1ccc(F)cc1. The molecule has 0 aliphatic rings. The maximum Gasteiger partial charge on any atom is 0.123 e. The number of methoxy groups -OCH3 is 1. The fraction of sp³-hybridized carbons (Fsp3) is 0.538. The van der Waals surface area contributed by atoms with E-state index in [9.17, 15) is 9.50 Å². The summed E-state index contributed by atoms with van der Waals surface area (Å²) >= 11 is 0. The average Bonchev–Trinajstić information content (AvgIpc) is 2.29. The number of aliphatic hydroxyl groups excluding tert-OH is 1. The Labute approximate surface area is 96.1 Å². The molecule has 0 saturated carbocycles. The van der Waals surface area contributed by atoms with Crippen LogP contribution in [-0.4, -0.2) is 24.4 Å². The monoisotopic (exact) mass is 226 g/mol. The molecule has 0 aliphatic heterocycles. The highest BCUT2D eigenvalue weighted by Crippen LogP contribution is 2.10. The van der Waals surface area contributed by atoms with Crippen LogP contribution in [0.15, 0.2) is 24.3 Å². The predicted octanol–water partition coefficient (Wildman–Crippen LogP) is 2.54. The third-order valence-electron chi connectivity index (χ3n) is 2.69. The summed E-state index contributed by atoms with van der Waals surface area (Å²) < 4.78 is 17.8. The minimum absolute atomic E-state index is 0.169. The average molecular weight is 226 g/mol. The van der Waals surface area contributed by atoms with Gasteiger partial charge in [0.05, 0.1) is 12.2 Å². The van der Waals surface area contributed by atoms with Crippen molar-refractivity contribution in [1.82, 2.24) is 0 Å². The molecular formula is C13H19FO2. The lowest BCUT2D eigenvalue weighted by Gasteiger charge is -2.13. The van der Waals surface area contributed by atoms with E-state index in [1.165, 1.54) is 12.1 Å². The van der Waals surface area contributed by atoms with E-state index in [-0.39, 0.29) is 18.0 Å². The third-order valence-corrected chi connectivity index (χ3v) is 2.69. The molecule has 2 unspecified atom stereocenters. The van der Waals surface area contributed by atoms with Gasteiger partial charge in [-0.15, -0.1) is 0 Å². The van der Waals surface area contributed by atoms with Gasteiger partial charge in [0.2, 0.25) is 0 Å². The smallest absolute Gasteiger partial charge is 0.123 e. The van der Waals surface area contributed by atoms with Crippen molar-refractivity contribution in [3.63, 3.8) is 0 Å². The van der Waals surface area contributed by atoms with Gasteiger partial charge in [-0.25, -0.2) is 4.39 Å². The summed E-state index contributed by atoms with van der Waals surface area (Å²) in [5.74, 6) is -0.244. The van der Waals surface area contributed by atoms with E-state index in [4.69, 9.17) is 4.74 Å². The van der Waals surface area contributed by atoms with Gasteiger partial charge < -0.3 is 9.84 Å². The fourth-order valence-electron chi connectivity index (χ4n) is 1.54. The lowest BCUT2D eigenvalue weighted by atomic mass is 10.0. The lowest BCUT2D eigenvalue weighted by Crippen LogP contribution is -2.14. The van der Waals surface area contributed by atoms with Crippen molar-refractivity contribution in [3.05, 3.63) is 35.6 Å². The second-order valence-corrected chi connectivity index (χ2v) is 4.11. The topological polar surface area (TPSA) is 29.5 Å². The van der Waals surface area contributed by atoms with Crippen molar-refractivity contribution in [3.8, 4) is 0 Å². The molecule has 0 amide bonds. The van der Waals surface area contributed by atoms with E-state index < -0.39 is 0 Å². The van der Waals surface area contributed by atoms with Crippen LogP contribution in [0.25, 0.3) is 0 Å². The van der Waals surface area contributed by atoms with Crippen molar-refractivity contribution >= 4 is 0 Å². The van der Waals surface area contributed by atoms with Crippen LogP contribution in [0, 0.1) is 5.82 Å². The summed E-state index contributed by atoms with van der Waals surface area (Å²) in [4.78, 5) is 0. The maximum atomic E-state index is 12.6. The van der Waals surface area contributed by atoms with Gasteiger partial charge >= 0.3 is 0 Å². The zero-order chi connectivity index (χ0) is 12.0. The van der Waals surface area contributed by atoms with E-state index in [0.29, 0.717) is 12.8 Å². The Morgan fingerprint density at radius 1 is 1.25 bits per heavy atom. The van der Waals surface area contributed by atoms with Crippen LogP contribution in [0.4, 0.5) is 4.39 Å². The van der Waals surface area contributed by atoms with E-state index in [1.54, 1.807) is 19.2 Å². The largest absolute Gasteiger partial charge is 0.393 e. The Morgan fingerprint density at radius 3 is 2.44 bits per heavy atom. The van der Waals surface area contributed by atoms with Crippen molar-refractivity contribution in [2.45, 2.75) is 38.4 Å². The summed E-state index contributed by atoms with van der Waals surface area (Å²) in [6.07, 6.45) is 1.88. The van der Waals surface area contributed by atoms with E-state index in [1.807, 2.05) is 6.92 Å². The minimum atomic E-state index is -0.386. The highest BCUT2D eigenvalue weighted by molar-refractivity contribution is 5.16. The van der Waals surface area contributed by atoms with Crippen LogP contribution in [-0.2, 0) is 11.2 Å². The molecule has 0 fully saturated rings. The molecule has 1 rings (SSSR count). The zero-order valence-corrected chi connectivity index (χ0v) is 9.82. The number of halogens is 1. The van der Waals surface area contributed by atoms with E-state index in [0.717, 1.165) is 12.0 Å².